The van der Waals surface area contributed by atoms with Crippen LogP contribution in [0.15, 0.2) is 18.2 Å². The lowest BCUT2D eigenvalue weighted by atomic mass is 10.0. The molecule has 0 bridgehead atoms. The summed E-state index contributed by atoms with van der Waals surface area (Å²) in [4.78, 5) is 1.70. The first-order chi connectivity index (χ1) is 6.57. The summed E-state index contributed by atoms with van der Waals surface area (Å²) >= 11 is 0. The Balaban J connectivity index is 3.15. The molecular formula is C10H14F2N2. The van der Waals surface area contributed by atoms with Crippen LogP contribution in [-0.2, 0) is 0 Å². The van der Waals surface area contributed by atoms with Crippen molar-refractivity contribution in [2.24, 2.45) is 5.73 Å². The number of benzene rings is 1. The average Bonchev–Trinajstić information content (AvgIpc) is 2.10. The van der Waals surface area contributed by atoms with E-state index < -0.39 is 17.7 Å². The van der Waals surface area contributed by atoms with Gasteiger partial charge in [0, 0.05) is 12.1 Å². The highest BCUT2D eigenvalue weighted by atomic mass is 19.1. The van der Waals surface area contributed by atoms with Crippen LogP contribution in [0.2, 0.25) is 0 Å². The van der Waals surface area contributed by atoms with Gasteiger partial charge in [0.1, 0.15) is 11.6 Å². The standard InChI is InChI=1S/C10H14F2N2/c1-14(2)9(6-13)10-7(11)4-3-5-8(10)12/h3-5,9H,6,13H2,1-2H3. The fourth-order valence-electron chi connectivity index (χ4n) is 1.42. The summed E-state index contributed by atoms with van der Waals surface area (Å²) in [6.07, 6.45) is 0. The molecule has 0 fully saturated rings. The second kappa shape index (κ2) is 4.48. The van der Waals surface area contributed by atoms with E-state index in [2.05, 4.69) is 0 Å². The van der Waals surface area contributed by atoms with Gasteiger partial charge >= 0.3 is 0 Å². The zero-order chi connectivity index (χ0) is 10.7. The predicted molar refractivity (Wildman–Crippen MR) is 51.8 cm³/mol. The maximum absolute atomic E-state index is 13.3. The lowest BCUT2D eigenvalue weighted by Crippen LogP contribution is -2.28. The van der Waals surface area contributed by atoms with E-state index in [0.717, 1.165) is 0 Å². The first-order valence-electron chi connectivity index (χ1n) is 4.38. The number of nitrogens with two attached hydrogens (primary N) is 1. The molecule has 0 aromatic heterocycles. The Morgan fingerprint density at radius 3 is 2.14 bits per heavy atom. The molecule has 0 saturated heterocycles. The van der Waals surface area contributed by atoms with Gasteiger partial charge in [-0.2, -0.15) is 0 Å². The Morgan fingerprint density at radius 1 is 1.29 bits per heavy atom. The minimum atomic E-state index is -0.547. The molecule has 1 unspecified atom stereocenters. The van der Waals surface area contributed by atoms with Crippen LogP contribution in [0.3, 0.4) is 0 Å². The largest absolute Gasteiger partial charge is 0.329 e. The Hall–Kier alpha value is -1.00. The molecule has 1 atom stereocenters. The van der Waals surface area contributed by atoms with Crippen LogP contribution in [0.25, 0.3) is 0 Å². The smallest absolute Gasteiger partial charge is 0.130 e. The van der Waals surface area contributed by atoms with E-state index in [1.807, 2.05) is 0 Å². The van der Waals surface area contributed by atoms with Crippen molar-refractivity contribution >= 4 is 0 Å². The molecule has 14 heavy (non-hydrogen) atoms. The van der Waals surface area contributed by atoms with Gasteiger partial charge in [-0.25, -0.2) is 8.78 Å². The van der Waals surface area contributed by atoms with Gasteiger partial charge in [-0.3, -0.25) is 0 Å². The van der Waals surface area contributed by atoms with Gasteiger partial charge in [-0.15, -0.1) is 0 Å². The summed E-state index contributed by atoms with van der Waals surface area (Å²) in [6, 6.07) is 3.41. The second-order valence-corrected chi connectivity index (χ2v) is 3.35. The summed E-state index contributed by atoms with van der Waals surface area (Å²) in [5.74, 6) is -1.09. The van der Waals surface area contributed by atoms with Gasteiger partial charge in [0.2, 0.25) is 0 Å². The van der Waals surface area contributed by atoms with Gasteiger partial charge in [0.25, 0.3) is 0 Å². The Kier molecular flexibility index (Phi) is 3.55. The lowest BCUT2D eigenvalue weighted by Gasteiger charge is -2.23. The molecule has 0 radical (unpaired) electrons. The summed E-state index contributed by atoms with van der Waals surface area (Å²) in [7, 11) is 3.48. The summed E-state index contributed by atoms with van der Waals surface area (Å²) in [6.45, 7) is 0.185. The monoisotopic (exact) mass is 200 g/mol. The maximum Gasteiger partial charge on any atom is 0.130 e. The third-order valence-corrected chi connectivity index (χ3v) is 2.18. The fourth-order valence-corrected chi connectivity index (χ4v) is 1.42. The third kappa shape index (κ3) is 2.08. The van der Waals surface area contributed by atoms with Crippen molar-refractivity contribution in [2.75, 3.05) is 20.6 Å². The normalized spacial score (nSPS) is 13.3. The topological polar surface area (TPSA) is 29.3 Å². The van der Waals surface area contributed by atoms with Gasteiger partial charge in [-0.1, -0.05) is 6.07 Å². The number of hydrogen-bond donors (Lipinski definition) is 1. The van der Waals surface area contributed by atoms with Crippen LogP contribution in [0.1, 0.15) is 11.6 Å². The van der Waals surface area contributed by atoms with E-state index in [9.17, 15) is 8.78 Å². The molecule has 0 aliphatic carbocycles. The first-order valence-corrected chi connectivity index (χ1v) is 4.38. The molecule has 2 N–H and O–H groups in total. The Labute approximate surface area is 82.3 Å². The minimum absolute atomic E-state index is 0.0417. The molecule has 1 aromatic carbocycles. The van der Waals surface area contributed by atoms with Crippen molar-refractivity contribution in [2.45, 2.75) is 6.04 Å². The molecule has 0 aliphatic rings. The second-order valence-electron chi connectivity index (χ2n) is 3.35. The van der Waals surface area contributed by atoms with Crippen molar-refractivity contribution < 1.29 is 8.78 Å². The van der Waals surface area contributed by atoms with E-state index in [-0.39, 0.29) is 12.1 Å². The zero-order valence-corrected chi connectivity index (χ0v) is 8.30. The lowest BCUT2D eigenvalue weighted by molar-refractivity contribution is 0.290. The van der Waals surface area contributed by atoms with Crippen LogP contribution >= 0.6 is 0 Å². The molecule has 1 aromatic rings. The number of rotatable bonds is 3. The number of nitrogens with zero attached hydrogens (tertiary/aromatic N) is 1. The molecule has 0 heterocycles. The molecular weight excluding hydrogens is 186 g/mol. The third-order valence-electron chi connectivity index (χ3n) is 2.18. The van der Waals surface area contributed by atoms with Gasteiger partial charge < -0.3 is 10.6 Å². The molecule has 0 spiro atoms. The summed E-state index contributed by atoms with van der Waals surface area (Å²) in [5.41, 5.74) is 5.51. The Morgan fingerprint density at radius 2 is 1.79 bits per heavy atom. The zero-order valence-electron chi connectivity index (χ0n) is 8.30. The van der Waals surface area contributed by atoms with Crippen molar-refractivity contribution in [1.29, 1.82) is 0 Å². The SMILES string of the molecule is CN(C)C(CN)c1c(F)cccc1F. The van der Waals surface area contributed by atoms with E-state index in [4.69, 9.17) is 5.73 Å². The first kappa shape index (κ1) is 11.1. The van der Waals surface area contributed by atoms with E-state index in [1.54, 1.807) is 19.0 Å². The molecule has 0 saturated carbocycles. The minimum Gasteiger partial charge on any atom is -0.329 e. The molecule has 2 nitrogen and oxygen atoms in total. The van der Waals surface area contributed by atoms with Crippen LogP contribution in [0, 0.1) is 11.6 Å². The molecule has 1 rings (SSSR count). The van der Waals surface area contributed by atoms with Gasteiger partial charge in [0.15, 0.2) is 0 Å². The van der Waals surface area contributed by atoms with Crippen molar-refractivity contribution in [3.63, 3.8) is 0 Å². The number of halogens is 2. The highest BCUT2D eigenvalue weighted by Crippen LogP contribution is 2.23. The summed E-state index contributed by atoms with van der Waals surface area (Å²) < 4.78 is 26.7. The molecule has 0 aliphatic heterocycles. The summed E-state index contributed by atoms with van der Waals surface area (Å²) in [5, 5.41) is 0. The van der Waals surface area contributed by atoms with Crippen LogP contribution < -0.4 is 5.73 Å². The average molecular weight is 200 g/mol. The van der Waals surface area contributed by atoms with E-state index in [1.165, 1.54) is 18.2 Å². The predicted octanol–water partition coefficient (Wildman–Crippen LogP) is 1.53. The number of likely N-dealkylation sites (N-methyl/N-ethyl adjacent to an activating group) is 1. The number of hydrogen-bond acceptors (Lipinski definition) is 2. The van der Waals surface area contributed by atoms with Crippen molar-refractivity contribution in [3.8, 4) is 0 Å². The van der Waals surface area contributed by atoms with Gasteiger partial charge in [0.05, 0.1) is 6.04 Å². The maximum atomic E-state index is 13.3. The van der Waals surface area contributed by atoms with Crippen LogP contribution in [-0.4, -0.2) is 25.5 Å². The highest BCUT2D eigenvalue weighted by molar-refractivity contribution is 5.23. The highest BCUT2D eigenvalue weighted by Gasteiger charge is 2.20. The van der Waals surface area contributed by atoms with E-state index >= 15 is 0 Å². The Bertz CT molecular complexity index is 293. The fraction of sp³-hybridized carbons (Fsp3) is 0.400. The van der Waals surface area contributed by atoms with Gasteiger partial charge in [-0.05, 0) is 26.2 Å². The molecule has 4 heteroatoms. The van der Waals surface area contributed by atoms with Crippen molar-refractivity contribution in [1.82, 2.24) is 4.90 Å². The molecule has 0 amide bonds. The van der Waals surface area contributed by atoms with Crippen LogP contribution in [0.4, 0.5) is 8.78 Å². The van der Waals surface area contributed by atoms with Crippen molar-refractivity contribution in [3.05, 3.63) is 35.4 Å². The van der Waals surface area contributed by atoms with E-state index in [0.29, 0.717) is 0 Å². The van der Waals surface area contributed by atoms with Crippen LogP contribution in [0.5, 0.6) is 0 Å². The quantitative estimate of drug-likeness (QED) is 0.801. The molecule has 78 valence electrons.